The Kier molecular flexibility index (Phi) is 3.92. The summed E-state index contributed by atoms with van der Waals surface area (Å²) in [5, 5.41) is 4.57. The Labute approximate surface area is 238 Å². The van der Waals surface area contributed by atoms with Gasteiger partial charge in [-0.15, -0.1) is 0 Å². The van der Waals surface area contributed by atoms with E-state index >= 15 is 0 Å². The molecule has 0 spiro atoms. The quantitative estimate of drug-likeness (QED) is 0.260. The number of anilines is 3. The van der Waals surface area contributed by atoms with E-state index in [0.717, 1.165) is 0 Å². The standard InChI is InChI=1S/C28H22F3N7O/c1-17-5-6-19(10-25(17)37-27-33-9-7-24(36-27)20-4-3-8-32-14-20)26(39)35-22-11-21(28(29,30)31)12-23(13-22)38-15-18(2)34-16-38/h3-16H,1-2H3,(H,35,39)(H,33,36,37)/i3D,4D,5D,6D,8D,10D,11D,12D,13D,14D,15D,16D. The van der Waals surface area contributed by atoms with Crippen molar-refractivity contribution in [3.8, 4) is 16.9 Å². The first-order valence-electron chi connectivity index (χ1n) is 16.9. The van der Waals surface area contributed by atoms with Crippen LogP contribution in [0.2, 0.25) is 0 Å². The molecule has 0 saturated heterocycles. The minimum absolute atomic E-state index is 0.0735. The predicted octanol–water partition coefficient (Wildman–Crippen LogP) is 6.36. The monoisotopic (exact) mass is 541 g/mol. The second-order valence-electron chi connectivity index (χ2n) is 7.77. The highest BCUT2D eigenvalue weighted by Gasteiger charge is 2.31. The van der Waals surface area contributed by atoms with Gasteiger partial charge in [0.2, 0.25) is 5.95 Å². The van der Waals surface area contributed by atoms with E-state index in [-0.39, 0.29) is 34.2 Å². The normalized spacial score (nSPS) is 15.6. The van der Waals surface area contributed by atoms with E-state index in [1.54, 1.807) is 0 Å². The number of imidazole rings is 1. The minimum Gasteiger partial charge on any atom is -0.324 e. The second-order valence-corrected chi connectivity index (χ2v) is 7.77. The van der Waals surface area contributed by atoms with Crippen LogP contribution in [-0.4, -0.2) is 30.4 Å². The van der Waals surface area contributed by atoms with Crippen molar-refractivity contribution in [3.05, 3.63) is 108 Å². The van der Waals surface area contributed by atoms with Gasteiger partial charge in [-0.05, 0) is 67.8 Å². The fourth-order valence-electron chi connectivity index (χ4n) is 3.12. The van der Waals surface area contributed by atoms with E-state index in [1.165, 1.54) is 26.1 Å². The van der Waals surface area contributed by atoms with E-state index in [2.05, 4.69) is 25.3 Å². The van der Waals surface area contributed by atoms with Gasteiger partial charge in [0.05, 0.1) is 38.3 Å². The Morgan fingerprint density at radius 1 is 1.08 bits per heavy atom. The highest BCUT2D eigenvalue weighted by Crippen LogP contribution is 2.33. The molecule has 0 atom stereocenters. The maximum absolute atomic E-state index is 14.2. The molecule has 8 nitrogen and oxygen atoms in total. The smallest absolute Gasteiger partial charge is 0.324 e. The molecule has 0 unspecified atom stereocenters. The Balaban J connectivity index is 1.63. The Morgan fingerprint density at radius 2 is 1.92 bits per heavy atom. The van der Waals surface area contributed by atoms with Crippen molar-refractivity contribution >= 4 is 23.2 Å². The number of halogens is 3. The predicted molar refractivity (Wildman–Crippen MR) is 141 cm³/mol. The van der Waals surface area contributed by atoms with Crippen LogP contribution in [0.25, 0.3) is 16.9 Å². The third kappa shape index (κ3) is 5.93. The van der Waals surface area contributed by atoms with Crippen LogP contribution in [0.5, 0.6) is 0 Å². The average molecular weight is 542 g/mol. The molecule has 11 heteroatoms. The lowest BCUT2D eigenvalue weighted by Gasteiger charge is -2.14. The molecule has 0 saturated carbocycles. The number of nitrogens with zero attached hydrogens (tertiary/aromatic N) is 5. The molecule has 0 radical (unpaired) electrons. The largest absolute Gasteiger partial charge is 0.416 e. The molecule has 0 bridgehead atoms. The molecular weight excluding hydrogens is 507 g/mol. The van der Waals surface area contributed by atoms with Crippen molar-refractivity contribution in [2.24, 2.45) is 0 Å². The molecule has 0 aliphatic carbocycles. The Bertz CT molecular complexity index is 2300. The van der Waals surface area contributed by atoms with Crippen molar-refractivity contribution in [2.75, 3.05) is 10.6 Å². The molecule has 2 N–H and O–H groups in total. The van der Waals surface area contributed by atoms with Gasteiger partial charge in [0, 0.05) is 52.9 Å². The molecule has 3 aromatic heterocycles. The van der Waals surface area contributed by atoms with Crippen LogP contribution in [-0.2, 0) is 6.18 Å². The van der Waals surface area contributed by atoms with Crippen molar-refractivity contribution < 1.29 is 34.4 Å². The average Bonchev–Trinajstić information content (AvgIpc) is 3.29. The third-order valence-electron chi connectivity index (χ3n) is 4.92. The van der Waals surface area contributed by atoms with E-state index in [9.17, 15) is 18.0 Å². The summed E-state index contributed by atoms with van der Waals surface area (Å²) in [4.78, 5) is 29.1. The third-order valence-corrected chi connectivity index (χ3v) is 4.92. The van der Waals surface area contributed by atoms with Gasteiger partial charge in [0.25, 0.3) is 5.91 Å². The van der Waals surface area contributed by atoms with Gasteiger partial charge in [0.1, 0.15) is 1.37 Å². The number of carbonyl (C=O) groups is 1. The van der Waals surface area contributed by atoms with Crippen LogP contribution >= 0.6 is 0 Å². The zero-order valence-electron chi connectivity index (χ0n) is 31.9. The molecule has 0 aliphatic rings. The van der Waals surface area contributed by atoms with Crippen LogP contribution in [0.15, 0.2) is 85.4 Å². The number of benzene rings is 2. The fourth-order valence-corrected chi connectivity index (χ4v) is 3.12. The van der Waals surface area contributed by atoms with Gasteiger partial charge in [-0.2, -0.15) is 13.2 Å². The first-order chi connectivity index (χ1) is 23.7. The molecule has 5 aromatic rings. The first kappa shape index (κ1) is 14.8. The molecule has 3 heterocycles. The van der Waals surface area contributed by atoms with E-state index in [4.69, 9.17) is 16.4 Å². The summed E-state index contributed by atoms with van der Waals surface area (Å²) in [5.41, 5.74) is -5.73. The number of alkyl halides is 3. The number of amides is 1. The van der Waals surface area contributed by atoms with Gasteiger partial charge in [-0.1, -0.05) is 6.04 Å². The van der Waals surface area contributed by atoms with Crippen molar-refractivity contribution in [2.45, 2.75) is 20.0 Å². The SMILES string of the molecule is [2H]c1nc([2H])c(-c2ccnc(Nc3c([2H])c(C(=O)Nc4c([2H])c(-n5c([2H])nc(C)c5[2H])c([2H])c(C(F)(F)F)c4[2H])c([2H])c([2H])c3C)n2)c([2H])c1[2H]. The Hall–Kier alpha value is -5.06. The molecular formula is C28H22F3N7O. The van der Waals surface area contributed by atoms with Crippen LogP contribution < -0.4 is 10.6 Å². The number of aromatic nitrogens is 5. The van der Waals surface area contributed by atoms with Crippen LogP contribution in [0.4, 0.5) is 30.5 Å². The number of aryl methyl sites for hydroxylation is 1. The van der Waals surface area contributed by atoms with Crippen molar-refractivity contribution in [1.29, 1.82) is 0 Å². The lowest BCUT2D eigenvalue weighted by Crippen LogP contribution is -2.14. The first-order valence-corrected chi connectivity index (χ1v) is 10.9. The molecule has 0 aliphatic heterocycles. The van der Waals surface area contributed by atoms with Gasteiger partial charge < -0.3 is 15.2 Å². The lowest BCUT2D eigenvalue weighted by atomic mass is 10.1. The number of carbonyl (C=O) groups excluding carboxylic acids is 1. The van der Waals surface area contributed by atoms with Crippen LogP contribution in [0.1, 0.15) is 43.6 Å². The maximum Gasteiger partial charge on any atom is 0.416 e. The van der Waals surface area contributed by atoms with Gasteiger partial charge >= 0.3 is 6.18 Å². The highest BCUT2D eigenvalue weighted by molar-refractivity contribution is 6.05. The Morgan fingerprint density at radius 3 is 2.69 bits per heavy atom. The van der Waals surface area contributed by atoms with Crippen LogP contribution in [0, 0.1) is 13.8 Å². The summed E-state index contributed by atoms with van der Waals surface area (Å²) < 4.78 is 142. The summed E-state index contributed by atoms with van der Waals surface area (Å²) in [6.45, 7) is 2.58. The topological polar surface area (TPSA) is 97.6 Å². The summed E-state index contributed by atoms with van der Waals surface area (Å²) in [6.07, 6.45) is -6.77. The zero-order valence-corrected chi connectivity index (χ0v) is 19.9. The van der Waals surface area contributed by atoms with E-state index in [0.29, 0.717) is 4.57 Å². The molecule has 2 aromatic carbocycles. The summed E-state index contributed by atoms with van der Waals surface area (Å²) in [6, 6.07) is -6.09. The number of rotatable bonds is 6. The summed E-state index contributed by atoms with van der Waals surface area (Å²) in [5.74, 6) is -1.80. The maximum atomic E-state index is 14.2. The number of hydrogen-bond acceptors (Lipinski definition) is 6. The molecule has 0 fully saturated rings. The number of pyridine rings is 1. The van der Waals surface area contributed by atoms with Crippen molar-refractivity contribution in [3.63, 3.8) is 0 Å². The van der Waals surface area contributed by atoms with E-state index in [1.807, 2.05) is 5.32 Å². The highest BCUT2D eigenvalue weighted by atomic mass is 19.4. The van der Waals surface area contributed by atoms with E-state index < -0.39 is 108 Å². The lowest BCUT2D eigenvalue weighted by molar-refractivity contribution is -0.137. The van der Waals surface area contributed by atoms with Gasteiger partial charge in [-0.25, -0.2) is 15.0 Å². The molecule has 5 rings (SSSR count). The molecule has 196 valence electrons. The number of hydrogen-bond donors (Lipinski definition) is 2. The van der Waals surface area contributed by atoms with Gasteiger partial charge in [0.15, 0.2) is 0 Å². The minimum atomic E-state index is -5.38. The fraction of sp³-hybridized carbons (Fsp3) is 0.107. The summed E-state index contributed by atoms with van der Waals surface area (Å²) >= 11 is 0. The van der Waals surface area contributed by atoms with Crippen molar-refractivity contribution in [1.82, 2.24) is 24.5 Å². The molecule has 1 amide bonds. The zero-order chi connectivity index (χ0) is 38.0. The summed E-state index contributed by atoms with van der Waals surface area (Å²) in [7, 11) is 0. The van der Waals surface area contributed by atoms with Crippen LogP contribution in [0.3, 0.4) is 0 Å². The number of nitrogens with one attached hydrogen (secondary N) is 2. The van der Waals surface area contributed by atoms with Gasteiger partial charge in [-0.3, -0.25) is 9.78 Å². The second kappa shape index (κ2) is 10.4. The molecule has 39 heavy (non-hydrogen) atoms.